The third-order valence-electron chi connectivity index (χ3n) is 4.63. The average Bonchev–Trinajstić information content (AvgIpc) is 2.70. The summed E-state index contributed by atoms with van der Waals surface area (Å²) in [5.41, 5.74) is -5.85. The number of hydrogen-bond acceptors (Lipinski definition) is 6. The lowest BCUT2D eigenvalue weighted by atomic mass is 10.3. The van der Waals surface area contributed by atoms with E-state index in [1.807, 2.05) is 0 Å². The van der Waals surface area contributed by atoms with Crippen molar-refractivity contribution in [2.45, 2.75) is 29.7 Å². The fourth-order valence-electron chi connectivity index (χ4n) is 2.79. The van der Waals surface area contributed by atoms with Gasteiger partial charge in [-0.15, -0.1) is 0 Å². The quantitative estimate of drug-likeness (QED) is 0.403. The highest BCUT2D eigenvalue weighted by molar-refractivity contribution is 7.92. The van der Waals surface area contributed by atoms with Gasteiger partial charge < -0.3 is 10.4 Å². The first-order valence-corrected chi connectivity index (χ1v) is 11.1. The van der Waals surface area contributed by atoms with Gasteiger partial charge in [-0.05, 0) is 19.1 Å². The van der Waals surface area contributed by atoms with Crippen LogP contribution < -0.4 is 16.6 Å². The van der Waals surface area contributed by atoms with Crippen LogP contribution in [0.5, 0.6) is 0 Å². The number of rotatable bonds is 7. The van der Waals surface area contributed by atoms with Gasteiger partial charge >= 0.3 is 17.8 Å². The number of nitrogens with zero attached hydrogens (tertiary/aromatic N) is 2. The van der Waals surface area contributed by atoms with Crippen molar-refractivity contribution < 1.29 is 40.7 Å². The second kappa shape index (κ2) is 9.58. The SMILES string of the molecule is CC(C(=O)NCCC(=O)O)S(=O)(=O)c1cc(-n2c(=O)cc(C(F)(F)F)n(C)c2=O)c(F)cc1Cl. The number of alkyl halides is 3. The molecule has 186 valence electrons. The van der Waals surface area contributed by atoms with Crippen LogP contribution in [0.25, 0.3) is 5.69 Å². The summed E-state index contributed by atoms with van der Waals surface area (Å²) >= 11 is 5.82. The zero-order valence-electron chi connectivity index (χ0n) is 17.3. The lowest BCUT2D eigenvalue weighted by Crippen LogP contribution is -2.41. The highest BCUT2D eigenvalue weighted by atomic mass is 35.5. The van der Waals surface area contributed by atoms with Crippen LogP contribution in [0.3, 0.4) is 0 Å². The van der Waals surface area contributed by atoms with Crippen molar-refractivity contribution in [3.05, 3.63) is 55.6 Å². The summed E-state index contributed by atoms with van der Waals surface area (Å²) in [7, 11) is -4.02. The summed E-state index contributed by atoms with van der Waals surface area (Å²) in [6, 6.07) is 0.897. The van der Waals surface area contributed by atoms with Gasteiger partial charge in [0, 0.05) is 19.7 Å². The molecule has 34 heavy (non-hydrogen) atoms. The molecular formula is C18H16ClF4N3O7S. The maximum Gasteiger partial charge on any atom is 0.431 e. The van der Waals surface area contributed by atoms with Crippen LogP contribution in [0.1, 0.15) is 19.0 Å². The van der Waals surface area contributed by atoms with E-state index < -0.39 is 84.5 Å². The van der Waals surface area contributed by atoms with Gasteiger partial charge in [-0.1, -0.05) is 11.6 Å². The van der Waals surface area contributed by atoms with Gasteiger partial charge in [-0.3, -0.25) is 19.0 Å². The smallest absolute Gasteiger partial charge is 0.431 e. The molecule has 0 spiro atoms. The van der Waals surface area contributed by atoms with Crippen LogP contribution in [-0.2, 0) is 32.7 Å². The Morgan fingerprint density at radius 1 is 1.21 bits per heavy atom. The van der Waals surface area contributed by atoms with Crippen LogP contribution in [0.15, 0.2) is 32.7 Å². The Labute approximate surface area is 193 Å². The Morgan fingerprint density at radius 2 is 1.79 bits per heavy atom. The summed E-state index contributed by atoms with van der Waals surface area (Å²) in [6.45, 7) is 0.529. The number of hydrogen-bond donors (Lipinski definition) is 2. The van der Waals surface area contributed by atoms with Crippen LogP contribution in [-0.4, -0.2) is 46.3 Å². The number of benzene rings is 1. The van der Waals surface area contributed by atoms with Crippen molar-refractivity contribution in [1.29, 1.82) is 0 Å². The fraction of sp³-hybridized carbons (Fsp3) is 0.333. The first-order chi connectivity index (χ1) is 15.5. The average molecular weight is 530 g/mol. The van der Waals surface area contributed by atoms with Gasteiger partial charge in [0.25, 0.3) is 5.56 Å². The maximum atomic E-state index is 14.6. The van der Waals surface area contributed by atoms with Gasteiger partial charge in [0.05, 0.1) is 22.0 Å². The first kappa shape index (κ1) is 27.0. The number of halogens is 5. The molecule has 2 N–H and O–H groups in total. The molecule has 0 aliphatic carbocycles. The molecule has 0 fully saturated rings. The van der Waals surface area contributed by atoms with Gasteiger partial charge in [0.2, 0.25) is 5.91 Å². The number of nitrogens with one attached hydrogen (secondary N) is 1. The molecule has 1 amide bonds. The van der Waals surface area contributed by atoms with Gasteiger partial charge in [0.15, 0.2) is 9.84 Å². The molecule has 0 aliphatic heterocycles. The van der Waals surface area contributed by atoms with Crippen LogP contribution >= 0.6 is 11.6 Å². The normalized spacial score (nSPS) is 12.9. The van der Waals surface area contributed by atoms with Crippen molar-refractivity contribution in [3.63, 3.8) is 0 Å². The Balaban J connectivity index is 2.64. The number of sulfone groups is 1. The highest BCUT2D eigenvalue weighted by Gasteiger charge is 2.36. The molecule has 1 aromatic carbocycles. The van der Waals surface area contributed by atoms with E-state index in [4.69, 9.17) is 16.7 Å². The second-order valence-electron chi connectivity index (χ2n) is 6.90. The molecule has 16 heteroatoms. The third kappa shape index (κ3) is 5.30. The third-order valence-corrected chi connectivity index (χ3v) is 7.15. The summed E-state index contributed by atoms with van der Waals surface area (Å²) in [4.78, 5) is 46.5. The van der Waals surface area contributed by atoms with Crippen LogP contribution in [0.4, 0.5) is 17.6 Å². The van der Waals surface area contributed by atoms with Crippen molar-refractivity contribution in [3.8, 4) is 5.69 Å². The molecule has 1 aromatic heterocycles. The molecule has 0 aliphatic rings. The largest absolute Gasteiger partial charge is 0.481 e. The zero-order chi connectivity index (χ0) is 26.2. The first-order valence-electron chi connectivity index (χ1n) is 9.13. The van der Waals surface area contributed by atoms with E-state index in [0.717, 1.165) is 6.92 Å². The molecule has 1 unspecified atom stereocenters. The number of carbonyl (C=O) groups excluding carboxylic acids is 1. The van der Waals surface area contributed by atoms with E-state index in [9.17, 15) is 45.2 Å². The van der Waals surface area contributed by atoms with Gasteiger partial charge in [-0.25, -0.2) is 22.2 Å². The molecule has 10 nitrogen and oxygen atoms in total. The maximum absolute atomic E-state index is 14.6. The molecule has 2 rings (SSSR count). The molecule has 0 bridgehead atoms. The molecule has 0 radical (unpaired) electrons. The second-order valence-corrected chi connectivity index (χ2v) is 9.54. The van der Waals surface area contributed by atoms with E-state index in [1.165, 1.54) is 0 Å². The number of carbonyl (C=O) groups is 2. The molecule has 1 heterocycles. The fourth-order valence-corrected chi connectivity index (χ4v) is 4.62. The summed E-state index contributed by atoms with van der Waals surface area (Å²) in [5, 5.41) is 8.07. The number of carboxylic acid groups (broad SMARTS) is 1. The van der Waals surface area contributed by atoms with E-state index in [0.29, 0.717) is 19.2 Å². The van der Waals surface area contributed by atoms with E-state index in [-0.39, 0.29) is 15.2 Å². The van der Waals surface area contributed by atoms with Crippen molar-refractivity contribution in [2.24, 2.45) is 7.05 Å². The predicted molar refractivity (Wildman–Crippen MR) is 109 cm³/mol. The summed E-state index contributed by atoms with van der Waals surface area (Å²) in [6.07, 6.45) is -5.58. The predicted octanol–water partition coefficient (Wildman–Crippen LogP) is 1.10. The summed E-state index contributed by atoms with van der Waals surface area (Å²) in [5.74, 6) is -3.78. The van der Waals surface area contributed by atoms with Gasteiger partial charge in [-0.2, -0.15) is 13.2 Å². The number of aromatic nitrogens is 2. The minimum Gasteiger partial charge on any atom is -0.481 e. The summed E-state index contributed by atoms with van der Waals surface area (Å²) < 4.78 is 79.5. The standard InChI is InChI=1S/C18H16ClF4N3O7S/c1-8(16(30)24-4-3-15(28)29)34(32,33)12-6-11(10(20)5-9(12)19)26-14(27)7-13(18(21,22)23)25(2)17(26)31/h5-8H,3-4H2,1-2H3,(H,24,30)(H,28,29). The minimum absolute atomic E-state index is 0.0163. The van der Waals surface area contributed by atoms with E-state index in [2.05, 4.69) is 5.32 Å². The van der Waals surface area contributed by atoms with Crippen molar-refractivity contribution in [2.75, 3.05) is 6.54 Å². The molecular weight excluding hydrogens is 514 g/mol. The van der Waals surface area contributed by atoms with Crippen molar-refractivity contribution in [1.82, 2.24) is 14.5 Å². The Hall–Kier alpha value is -3.20. The Morgan fingerprint density at radius 3 is 2.32 bits per heavy atom. The highest BCUT2D eigenvalue weighted by Crippen LogP contribution is 2.30. The minimum atomic E-state index is -5.08. The Kier molecular flexibility index (Phi) is 7.62. The topological polar surface area (TPSA) is 145 Å². The Bertz CT molecular complexity index is 1380. The number of amides is 1. The molecule has 0 saturated carbocycles. The van der Waals surface area contributed by atoms with Crippen molar-refractivity contribution >= 4 is 33.3 Å². The van der Waals surface area contributed by atoms with E-state index >= 15 is 0 Å². The molecule has 2 aromatic rings. The monoisotopic (exact) mass is 529 g/mol. The molecule has 0 saturated heterocycles. The van der Waals surface area contributed by atoms with E-state index in [1.54, 1.807) is 0 Å². The van der Waals surface area contributed by atoms with Gasteiger partial charge in [0.1, 0.15) is 16.8 Å². The number of aliphatic carboxylic acids is 1. The van der Waals surface area contributed by atoms with Crippen LogP contribution in [0, 0.1) is 5.82 Å². The zero-order valence-corrected chi connectivity index (χ0v) is 18.9. The lowest BCUT2D eigenvalue weighted by Gasteiger charge is -2.17. The lowest BCUT2D eigenvalue weighted by molar-refractivity contribution is -0.144. The number of carboxylic acids is 1. The van der Waals surface area contributed by atoms with Crippen LogP contribution in [0.2, 0.25) is 5.02 Å². The molecule has 1 atom stereocenters.